The van der Waals surface area contributed by atoms with Gasteiger partial charge in [0, 0.05) is 17.4 Å². The molecular formula is C14H9F2N3O. The van der Waals surface area contributed by atoms with Gasteiger partial charge in [-0.1, -0.05) is 0 Å². The van der Waals surface area contributed by atoms with E-state index >= 15 is 0 Å². The van der Waals surface area contributed by atoms with E-state index in [9.17, 15) is 13.6 Å². The number of hydrogen-bond donors (Lipinski definition) is 1. The standard InChI is InChI=1S/C14H9F2N3O/c1-8-11(15)4-9(6-17)5-13(8)19-14(20)10-2-3-18-7-12(10)16/h2-5,7H,1H3,(H,19,20). The van der Waals surface area contributed by atoms with Crippen molar-refractivity contribution in [1.82, 2.24) is 4.98 Å². The van der Waals surface area contributed by atoms with E-state index in [-0.39, 0.29) is 22.4 Å². The maximum Gasteiger partial charge on any atom is 0.258 e. The lowest BCUT2D eigenvalue weighted by Crippen LogP contribution is -2.15. The summed E-state index contributed by atoms with van der Waals surface area (Å²) in [4.78, 5) is 15.4. The fourth-order valence-electron chi connectivity index (χ4n) is 1.62. The molecule has 6 heteroatoms. The highest BCUT2D eigenvalue weighted by molar-refractivity contribution is 6.04. The predicted molar refractivity (Wildman–Crippen MR) is 68.0 cm³/mol. The van der Waals surface area contributed by atoms with E-state index in [1.54, 1.807) is 6.07 Å². The molecule has 0 saturated carbocycles. The number of nitrogens with zero attached hydrogens (tertiary/aromatic N) is 2. The van der Waals surface area contributed by atoms with Crippen LogP contribution >= 0.6 is 0 Å². The molecule has 0 aliphatic carbocycles. The van der Waals surface area contributed by atoms with E-state index in [4.69, 9.17) is 5.26 Å². The van der Waals surface area contributed by atoms with Gasteiger partial charge in [-0.3, -0.25) is 9.78 Å². The van der Waals surface area contributed by atoms with Crippen LogP contribution in [0.1, 0.15) is 21.5 Å². The van der Waals surface area contributed by atoms with Crippen molar-refractivity contribution in [1.29, 1.82) is 5.26 Å². The quantitative estimate of drug-likeness (QED) is 0.914. The number of pyridine rings is 1. The Morgan fingerprint density at radius 1 is 1.35 bits per heavy atom. The fraction of sp³-hybridized carbons (Fsp3) is 0.0714. The highest BCUT2D eigenvalue weighted by Crippen LogP contribution is 2.21. The summed E-state index contributed by atoms with van der Waals surface area (Å²) >= 11 is 0. The smallest absolute Gasteiger partial charge is 0.258 e. The molecule has 0 unspecified atom stereocenters. The minimum Gasteiger partial charge on any atom is -0.322 e. The second-order valence-corrected chi connectivity index (χ2v) is 4.05. The Labute approximate surface area is 113 Å². The molecule has 0 fully saturated rings. The number of rotatable bonds is 2. The number of halogens is 2. The Hall–Kier alpha value is -2.81. The largest absolute Gasteiger partial charge is 0.322 e. The summed E-state index contributed by atoms with van der Waals surface area (Å²) in [6.07, 6.45) is 2.19. The molecule has 0 atom stereocenters. The zero-order valence-corrected chi connectivity index (χ0v) is 10.4. The van der Waals surface area contributed by atoms with Crippen molar-refractivity contribution in [2.45, 2.75) is 6.92 Å². The van der Waals surface area contributed by atoms with Crippen LogP contribution in [-0.2, 0) is 0 Å². The molecule has 1 heterocycles. The van der Waals surface area contributed by atoms with Gasteiger partial charge in [-0.25, -0.2) is 8.78 Å². The minimum absolute atomic E-state index is 0.0681. The van der Waals surface area contributed by atoms with Gasteiger partial charge in [-0.2, -0.15) is 5.26 Å². The average Bonchev–Trinajstić information content (AvgIpc) is 2.43. The number of nitrogens with one attached hydrogen (secondary N) is 1. The van der Waals surface area contributed by atoms with Gasteiger partial charge in [-0.05, 0) is 25.1 Å². The molecule has 100 valence electrons. The van der Waals surface area contributed by atoms with Crippen molar-refractivity contribution >= 4 is 11.6 Å². The summed E-state index contributed by atoms with van der Waals surface area (Å²) in [5.74, 6) is -2.13. The number of carbonyl (C=O) groups excluding carboxylic acids is 1. The molecule has 4 nitrogen and oxygen atoms in total. The first-order valence-electron chi connectivity index (χ1n) is 5.64. The van der Waals surface area contributed by atoms with Gasteiger partial charge in [-0.15, -0.1) is 0 Å². The first-order valence-corrected chi connectivity index (χ1v) is 5.64. The molecule has 1 aromatic carbocycles. The van der Waals surface area contributed by atoms with E-state index in [2.05, 4.69) is 10.3 Å². The van der Waals surface area contributed by atoms with Crippen LogP contribution in [0.2, 0.25) is 0 Å². The second-order valence-electron chi connectivity index (χ2n) is 4.05. The lowest BCUT2D eigenvalue weighted by molar-refractivity contribution is 0.102. The maximum absolute atomic E-state index is 13.6. The molecule has 0 aliphatic rings. The van der Waals surface area contributed by atoms with Crippen LogP contribution in [0.5, 0.6) is 0 Å². The Morgan fingerprint density at radius 3 is 2.75 bits per heavy atom. The average molecular weight is 273 g/mol. The fourth-order valence-corrected chi connectivity index (χ4v) is 1.62. The highest BCUT2D eigenvalue weighted by Gasteiger charge is 2.14. The second kappa shape index (κ2) is 5.45. The topological polar surface area (TPSA) is 65.8 Å². The Balaban J connectivity index is 2.36. The predicted octanol–water partition coefficient (Wildman–Crippen LogP) is 2.79. The van der Waals surface area contributed by atoms with Crippen molar-refractivity contribution < 1.29 is 13.6 Å². The number of anilines is 1. The SMILES string of the molecule is Cc1c(F)cc(C#N)cc1NC(=O)c1ccncc1F. The number of amides is 1. The summed E-state index contributed by atoms with van der Waals surface area (Å²) in [6, 6.07) is 5.39. The summed E-state index contributed by atoms with van der Waals surface area (Å²) in [5, 5.41) is 11.2. The Morgan fingerprint density at radius 2 is 2.10 bits per heavy atom. The maximum atomic E-state index is 13.6. The Bertz CT molecular complexity index is 723. The van der Waals surface area contributed by atoms with E-state index in [1.807, 2.05) is 0 Å². The van der Waals surface area contributed by atoms with Gasteiger partial charge >= 0.3 is 0 Å². The molecule has 0 aliphatic heterocycles. The van der Waals surface area contributed by atoms with Crippen LogP contribution in [0.3, 0.4) is 0 Å². The third-order valence-electron chi connectivity index (χ3n) is 2.74. The lowest BCUT2D eigenvalue weighted by Gasteiger charge is -2.10. The first kappa shape index (κ1) is 13.6. The zero-order valence-electron chi connectivity index (χ0n) is 10.4. The third kappa shape index (κ3) is 2.62. The van der Waals surface area contributed by atoms with Crippen molar-refractivity contribution in [3.8, 4) is 6.07 Å². The molecular weight excluding hydrogens is 264 g/mol. The normalized spacial score (nSPS) is 9.90. The summed E-state index contributed by atoms with van der Waals surface area (Å²) in [5.41, 5.74) is 0.162. The molecule has 20 heavy (non-hydrogen) atoms. The van der Waals surface area contributed by atoms with Crippen LogP contribution in [0.15, 0.2) is 30.6 Å². The monoisotopic (exact) mass is 273 g/mol. The zero-order chi connectivity index (χ0) is 14.7. The molecule has 0 spiro atoms. The first-order chi connectivity index (χ1) is 9.52. The molecule has 1 aromatic heterocycles. The number of nitriles is 1. The van der Waals surface area contributed by atoms with E-state index < -0.39 is 17.5 Å². The van der Waals surface area contributed by atoms with E-state index in [1.165, 1.54) is 25.3 Å². The van der Waals surface area contributed by atoms with Crippen LogP contribution in [0.25, 0.3) is 0 Å². The van der Waals surface area contributed by atoms with Gasteiger partial charge in [0.1, 0.15) is 5.82 Å². The van der Waals surface area contributed by atoms with Crippen molar-refractivity contribution in [3.05, 3.63) is 58.9 Å². The summed E-state index contributed by atoms with van der Waals surface area (Å²) < 4.78 is 27.0. The van der Waals surface area contributed by atoms with Gasteiger partial charge < -0.3 is 5.32 Å². The van der Waals surface area contributed by atoms with Crippen LogP contribution < -0.4 is 5.32 Å². The molecule has 0 radical (unpaired) electrons. The Kier molecular flexibility index (Phi) is 3.71. The molecule has 1 amide bonds. The molecule has 0 bridgehead atoms. The highest BCUT2D eigenvalue weighted by atomic mass is 19.1. The molecule has 1 N–H and O–H groups in total. The van der Waals surface area contributed by atoms with Crippen LogP contribution in [0, 0.1) is 29.9 Å². The van der Waals surface area contributed by atoms with Crippen molar-refractivity contribution in [3.63, 3.8) is 0 Å². The lowest BCUT2D eigenvalue weighted by atomic mass is 10.1. The van der Waals surface area contributed by atoms with E-state index in [0.717, 1.165) is 12.3 Å². The summed E-state index contributed by atoms with van der Waals surface area (Å²) in [6.45, 7) is 1.45. The van der Waals surface area contributed by atoms with Gasteiger partial charge in [0.25, 0.3) is 5.91 Å². The van der Waals surface area contributed by atoms with Crippen LogP contribution in [0.4, 0.5) is 14.5 Å². The molecule has 2 rings (SSSR count). The van der Waals surface area contributed by atoms with Gasteiger partial charge in [0.2, 0.25) is 0 Å². The van der Waals surface area contributed by atoms with Crippen molar-refractivity contribution in [2.75, 3.05) is 5.32 Å². The number of hydrogen-bond acceptors (Lipinski definition) is 3. The summed E-state index contributed by atoms with van der Waals surface area (Å²) in [7, 11) is 0. The molecule has 0 saturated heterocycles. The van der Waals surface area contributed by atoms with Gasteiger partial charge in [0.15, 0.2) is 5.82 Å². The minimum atomic E-state index is -0.778. The number of benzene rings is 1. The number of carbonyl (C=O) groups is 1. The van der Waals surface area contributed by atoms with Crippen LogP contribution in [-0.4, -0.2) is 10.9 Å². The van der Waals surface area contributed by atoms with Gasteiger partial charge in [0.05, 0.1) is 23.4 Å². The number of aromatic nitrogens is 1. The van der Waals surface area contributed by atoms with E-state index in [0.29, 0.717) is 0 Å². The molecule has 2 aromatic rings. The van der Waals surface area contributed by atoms with Crippen molar-refractivity contribution in [2.24, 2.45) is 0 Å². The third-order valence-corrected chi connectivity index (χ3v) is 2.74.